The van der Waals surface area contributed by atoms with E-state index in [1.54, 1.807) is 38.3 Å². The highest BCUT2D eigenvalue weighted by Crippen LogP contribution is 2.40. The Morgan fingerprint density at radius 1 is 1.45 bits per heavy atom. The first-order valence-electron chi connectivity index (χ1n) is 9.38. The molecule has 1 N–H and O–H groups in total. The Morgan fingerprint density at radius 2 is 2.21 bits per heavy atom. The van der Waals surface area contributed by atoms with Crippen LogP contribution in [0.4, 0.5) is 0 Å². The predicted molar refractivity (Wildman–Crippen MR) is 111 cm³/mol. The molecule has 0 bridgehead atoms. The van der Waals surface area contributed by atoms with Crippen LogP contribution in [-0.2, 0) is 23.4 Å². The third kappa shape index (κ3) is 5.69. The Labute approximate surface area is 179 Å². The highest BCUT2D eigenvalue weighted by atomic mass is 35.5. The Bertz CT molecular complexity index is 909. The highest BCUT2D eigenvalue weighted by Gasteiger charge is 2.33. The zero-order valence-electron chi connectivity index (χ0n) is 16.7. The second-order valence-electron chi connectivity index (χ2n) is 7.13. The first kappa shape index (κ1) is 22.5. The number of pyridine rings is 1. The first-order chi connectivity index (χ1) is 13.7. The van der Waals surface area contributed by atoms with Crippen molar-refractivity contribution in [2.75, 3.05) is 6.61 Å². The van der Waals surface area contributed by atoms with Crippen molar-refractivity contribution in [1.82, 2.24) is 15.1 Å². The van der Waals surface area contributed by atoms with Gasteiger partial charge in [-0.25, -0.2) is 9.97 Å². The number of fused-ring (bicyclic) bond motifs is 1. The zero-order chi connectivity index (χ0) is 21.1. The van der Waals surface area contributed by atoms with Gasteiger partial charge < -0.3 is 9.47 Å². The van der Waals surface area contributed by atoms with Gasteiger partial charge in [-0.15, -0.1) is 15.9 Å². The van der Waals surface area contributed by atoms with Gasteiger partial charge in [0.15, 0.2) is 5.15 Å². The van der Waals surface area contributed by atoms with E-state index in [9.17, 15) is 9.36 Å². The molecule has 0 aromatic carbocycles. The minimum absolute atomic E-state index is 0.138. The standard InChI is InChI=1S/C18H24ClN3O5PS/c1-9(2)26-18(23)10(3)22-28(24)25-8-12-5-6-14(27-12)13-7-20-17(19)15-16(13)29-11(4)21-15/h7,9-10,12,14H,5-6,8H2,1-4H3,(H,22,24)/q+1. The maximum absolute atomic E-state index is 12.1. The molecule has 158 valence electrons. The number of aryl methyl sites for hydroxylation is 1. The van der Waals surface area contributed by atoms with Gasteiger partial charge in [0.25, 0.3) is 0 Å². The van der Waals surface area contributed by atoms with Gasteiger partial charge in [0, 0.05) is 11.8 Å². The molecule has 1 aliphatic heterocycles. The van der Waals surface area contributed by atoms with Crippen molar-refractivity contribution in [2.24, 2.45) is 0 Å². The number of thiazole rings is 1. The van der Waals surface area contributed by atoms with Crippen molar-refractivity contribution in [1.29, 1.82) is 0 Å². The summed E-state index contributed by atoms with van der Waals surface area (Å²) in [7, 11) is -2.21. The number of esters is 1. The van der Waals surface area contributed by atoms with E-state index in [1.807, 2.05) is 6.92 Å². The lowest BCUT2D eigenvalue weighted by atomic mass is 10.1. The van der Waals surface area contributed by atoms with Crippen LogP contribution in [0.1, 0.15) is 50.3 Å². The normalized spacial score (nSPS) is 21.0. The Balaban J connectivity index is 1.52. The number of nitrogens with zero attached hydrogens (tertiary/aromatic N) is 2. The summed E-state index contributed by atoms with van der Waals surface area (Å²) in [6.07, 6.45) is 2.73. The van der Waals surface area contributed by atoms with Crippen LogP contribution in [0, 0.1) is 6.92 Å². The molecule has 29 heavy (non-hydrogen) atoms. The average Bonchev–Trinajstić information content (AvgIpc) is 3.26. The summed E-state index contributed by atoms with van der Waals surface area (Å²) in [6, 6.07) is -0.721. The lowest BCUT2D eigenvalue weighted by Crippen LogP contribution is -2.33. The first-order valence-corrected chi connectivity index (χ1v) is 11.8. The molecule has 1 saturated heterocycles. The summed E-state index contributed by atoms with van der Waals surface area (Å²) in [4.78, 5) is 20.4. The molecular formula is C18H24ClN3O5PS+. The predicted octanol–water partition coefficient (Wildman–Crippen LogP) is 4.48. The Kier molecular flexibility index (Phi) is 7.53. The number of rotatable bonds is 8. The minimum atomic E-state index is -2.21. The molecule has 1 fully saturated rings. The fourth-order valence-corrected chi connectivity index (χ4v) is 5.04. The molecule has 3 rings (SSSR count). The van der Waals surface area contributed by atoms with Crippen molar-refractivity contribution in [3.05, 3.63) is 21.9 Å². The van der Waals surface area contributed by atoms with Crippen LogP contribution in [0.15, 0.2) is 6.20 Å². The van der Waals surface area contributed by atoms with Crippen LogP contribution in [0.2, 0.25) is 5.15 Å². The van der Waals surface area contributed by atoms with Gasteiger partial charge >= 0.3 is 14.1 Å². The molecule has 0 radical (unpaired) electrons. The SMILES string of the molecule is Cc1nc2c(Cl)ncc(C3CCC(CO[P+](=O)NC(C)C(=O)OC(C)C)O3)c2s1. The molecule has 3 heterocycles. The Morgan fingerprint density at radius 3 is 2.93 bits per heavy atom. The van der Waals surface area contributed by atoms with Crippen LogP contribution < -0.4 is 5.09 Å². The second kappa shape index (κ2) is 9.73. The van der Waals surface area contributed by atoms with E-state index >= 15 is 0 Å². The smallest absolute Gasteiger partial charge is 0.462 e. The van der Waals surface area contributed by atoms with Gasteiger partial charge in [0.05, 0.1) is 28.0 Å². The molecule has 0 amide bonds. The quantitative estimate of drug-likeness (QED) is 0.350. The average molecular weight is 461 g/mol. The van der Waals surface area contributed by atoms with Gasteiger partial charge in [-0.2, -0.15) is 0 Å². The third-order valence-corrected chi connectivity index (χ3v) is 6.62. The van der Waals surface area contributed by atoms with Crippen LogP contribution in [-0.4, -0.2) is 40.8 Å². The van der Waals surface area contributed by atoms with E-state index in [4.69, 9.17) is 25.6 Å². The minimum Gasteiger partial charge on any atom is -0.462 e. The molecule has 8 nitrogen and oxygen atoms in total. The maximum atomic E-state index is 12.1. The number of hydrogen-bond acceptors (Lipinski definition) is 8. The number of halogens is 1. The van der Waals surface area contributed by atoms with Crippen molar-refractivity contribution in [2.45, 2.75) is 64.9 Å². The molecule has 0 spiro atoms. The van der Waals surface area contributed by atoms with Crippen LogP contribution in [0.25, 0.3) is 10.2 Å². The number of nitrogens with one attached hydrogen (secondary N) is 1. The Hall–Kier alpha value is -1.22. The summed E-state index contributed by atoms with van der Waals surface area (Å²) in [5.41, 5.74) is 1.66. The fourth-order valence-electron chi connectivity index (χ4n) is 3.03. The molecule has 2 aromatic heterocycles. The van der Waals surface area contributed by atoms with Crippen LogP contribution >= 0.6 is 31.1 Å². The third-order valence-electron chi connectivity index (χ3n) is 4.35. The summed E-state index contributed by atoms with van der Waals surface area (Å²) in [5, 5.41) is 3.92. The van der Waals surface area contributed by atoms with E-state index in [0.29, 0.717) is 10.7 Å². The fraction of sp³-hybridized carbons (Fsp3) is 0.611. The maximum Gasteiger partial charge on any atom is 0.613 e. The van der Waals surface area contributed by atoms with Gasteiger partial charge in [0.1, 0.15) is 18.2 Å². The molecule has 0 saturated carbocycles. The van der Waals surface area contributed by atoms with Gasteiger partial charge in [0.2, 0.25) is 0 Å². The van der Waals surface area contributed by atoms with Crippen molar-refractivity contribution in [3.63, 3.8) is 0 Å². The topological polar surface area (TPSA) is 99.6 Å². The van der Waals surface area contributed by atoms with Crippen molar-refractivity contribution in [3.8, 4) is 0 Å². The van der Waals surface area contributed by atoms with E-state index < -0.39 is 20.2 Å². The monoisotopic (exact) mass is 460 g/mol. The van der Waals surface area contributed by atoms with Crippen LogP contribution in [0.5, 0.6) is 0 Å². The number of carbonyl (C=O) groups excluding carboxylic acids is 1. The van der Waals surface area contributed by atoms with E-state index in [-0.39, 0.29) is 24.9 Å². The number of aromatic nitrogens is 2. The molecule has 2 aromatic rings. The zero-order valence-corrected chi connectivity index (χ0v) is 19.1. The molecule has 4 unspecified atom stereocenters. The number of hydrogen-bond donors (Lipinski definition) is 1. The van der Waals surface area contributed by atoms with Crippen molar-refractivity contribution < 1.29 is 23.4 Å². The van der Waals surface area contributed by atoms with E-state index in [2.05, 4.69) is 15.1 Å². The van der Waals surface area contributed by atoms with Gasteiger partial charge in [-0.1, -0.05) is 16.7 Å². The van der Waals surface area contributed by atoms with Crippen molar-refractivity contribution >= 4 is 47.3 Å². The summed E-state index contributed by atoms with van der Waals surface area (Å²) in [5.74, 6) is -0.469. The summed E-state index contributed by atoms with van der Waals surface area (Å²) in [6.45, 7) is 7.19. The number of carbonyl (C=O) groups is 1. The van der Waals surface area contributed by atoms with Gasteiger partial charge in [-0.05, 0) is 45.1 Å². The summed E-state index contributed by atoms with van der Waals surface area (Å²) < 4.78 is 29.6. The largest absolute Gasteiger partial charge is 0.613 e. The lowest BCUT2D eigenvalue weighted by Gasteiger charge is -2.13. The van der Waals surface area contributed by atoms with E-state index in [1.165, 1.54) is 0 Å². The lowest BCUT2D eigenvalue weighted by molar-refractivity contribution is -0.149. The van der Waals surface area contributed by atoms with Gasteiger partial charge in [-0.3, -0.25) is 4.79 Å². The molecule has 0 aliphatic carbocycles. The van der Waals surface area contributed by atoms with Crippen LogP contribution in [0.3, 0.4) is 0 Å². The molecule has 1 aliphatic rings. The second-order valence-corrected chi connectivity index (χ2v) is 9.72. The molecular weight excluding hydrogens is 437 g/mol. The molecule has 4 atom stereocenters. The van der Waals surface area contributed by atoms with E-state index in [0.717, 1.165) is 28.1 Å². The number of ether oxygens (including phenoxy) is 2. The molecule has 11 heteroatoms. The summed E-state index contributed by atoms with van der Waals surface area (Å²) >= 11 is 7.72. The highest BCUT2D eigenvalue weighted by molar-refractivity contribution is 7.36.